The van der Waals surface area contributed by atoms with Gasteiger partial charge in [-0.1, -0.05) is 6.07 Å². The molecular formula is C19H28N4O. The Hall–Kier alpha value is -1.59. The average Bonchev–Trinajstić information content (AvgIpc) is 3.26. The van der Waals surface area contributed by atoms with Gasteiger partial charge < -0.3 is 19.9 Å². The summed E-state index contributed by atoms with van der Waals surface area (Å²) >= 11 is 0. The number of aliphatic hydroxyl groups excluding tert-OH is 1. The summed E-state index contributed by atoms with van der Waals surface area (Å²) < 4.78 is 2.27. The number of hydrogen-bond donors (Lipinski definition) is 2. The summed E-state index contributed by atoms with van der Waals surface area (Å²) in [5.41, 5.74) is 3.65. The summed E-state index contributed by atoms with van der Waals surface area (Å²) in [6, 6.07) is 6.79. The van der Waals surface area contributed by atoms with Crippen LogP contribution in [-0.4, -0.2) is 46.4 Å². The largest absolute Gasteiger partial charge is 0.392 e. The van der Waals surface area contributed by atoms with Crippen molar-refractivity contribution in [2.75, 3.05) is 24.5 Å². The van der Waals surface area contributed by atoms with E-state index in [9.17, 15) is 5.11 Å². The van der Waals surface area contributed by atoms with Gasteiger partial charge in [0.1, 0.15) is 5.52 Å². The molecule has 0 radical (unpaired) electrons. The first kappa shape index (κ1) is 15.9. The van der Waals surface area contributed by atoms with Crippen LogP contribution in [0.5, 0.6) is 0 Å². The predicted molar refractivity (Wildman–Crippen MR) is 97.4 cm³/mol. The Labute approximate surface area is 143 Å². The molecule has 130 valence electrons. The molecule has 1 aromatic carbocycles. The van der Waals surface area contributed by atoms with E-state index in [1.165, 1.54) is 24.0 Å². The van der Waals surface area contributed by atoms with Gasteiger partial charge in [-0.05, 0) is 57.2 Å². The topological polar surface area (TPSA) is 53.3 Å². The minimum absolute atomic E-state index is 0.181. The molecular weight excluding hydrogens is 300 g/mol. The van der Waals surface area contributed by atoms with Crippen molar-refractivity contribution in [2.45, 2.75) is 57.2 Å². The third-order valence-corrected chi connectivity index (χ3v) is 5.54. The molecule has 0 bridgehead atoms. The lowest BCUT2D eigenvalue weighted by atomic mass is 9.97. The Morgan fingerprint density at radius 1 is 1.21 bits per heavy atom. The highest BCUT2D eigenvalue weighted by molar-refractivity contribution is 5.89. The maximum absolute atomic E-state index is 10.1. The molecule has 0 saturated carbocycles. The Morgan fingerprint density at radius 3 is 2.92 bits per heavy atom. The Kier molecular flexibility index (Phi) is 4.72. The molecule has 0 amide bonds. The number of aryl methyl sites for hydroxylation is 1. The van der Waals surface area contributed by atoms with E-state index in [2.05, 4.69) is 33.0 Å². The van der Waals surface area contributed by atoms with E-state index in [4.69, 9.17) is 4.98 Å². The molecule has 0 unspecified atom stereocenters. The zero-order chi connectivity index (χ0) is 16.4. The molecule has 2 atom stereocenters. The lowest BCUT2D eigenvalue weighted by Crippen LogP contribution is -2.44. The maximum Gasteiger partial charge on any atom is 0.112 e. The average molecular weight is 328 g/mol. The van der Waals surface area contributed by atoms with Gasteiger partial charge in [0.15, 0.2) is 0 Å². The predicted octanol–water partition coefficient (Wildman–Crippen LogP) is 2.53. The standard InChI is InChI=1S/C19H28N4O/c24-18-9-4-10-20-15(18)6-5-13-23-14-21-19-16(7-3-8-17(19)23)22-11-1-2-12-22/h3,7-8,14-15,18,20,24H,1-2,4-6,9-13H2/t15-,18+/m1/s1. The number of imidazole rings is 1. The number of rotatable bonds is 5. The summed E-state index contributed by atoms with van der Waals surface area (Å²) in [6.07, 6.45) is 8.48. The van der Waals surface area contributed by atoms with Crippen LogP contribution in [0.2, 0.25) is 0 Å². The van der Waals surface area contributed by atoms with Crippen molar-refractivity contribution >= 4 is 16.7 Å². The molecule has 2 aliphatic rings. The monoisotopic (exact) mass is 328 g/mol. The van der Waals surface area contributed by atoms with Gasteiger partial charge in [-0.2, -0.15) is 0 Å². The van der Waals surface area contributed by atoms with Crippen LogP contribution in [0.3, 0.4) is 0 Å². The van der Waals surface area contributed by atoms with Crippen LogP contribution in [0, 0.1) is 0 Å². The highest BCUT2D eigenvalue weighted by Gasteiger charge is 2.22. The number of piperidine rings is 1. The number of aliphatic hydroxyl groups is 1. The van der Waals surface area contributed by atoms with Crippen molar-refractivity contribution in [3.63, 3.8) is 0 Å². The number of fused-ring (bicyclic) bond motifs is 1. The smallest absolute Gasteiger partial charge is 0.112 e. The van der Waals surface area contributed by atoms with Gasteiger partial charge in [-0.15, -0.1) is 0 Å². The number of hydrogen-bond acceptors (Lipinski definition) is 4. The summed E-state index contributed by atoms with van der Waals surface area (Å²) in [4.78, 5) is 7.16. The van der Waals surface area contributed by atoms with Crippen molar-refractivity contribution in [2.24, 2.45) is 0 Å². The van der Waals surface area contributed by atoms with Gasteiger partial charge in [0, 0.05) is 25.7 Å². The summed E-state index contributed by atoms with van der Waals surface area (Å²) in [5, 5.41) is 13.5. The highest BCUT2D eigenvalue weighted by atomic mass is 16.3. The number of anilines is 1. The second-order valence-corrected chi connectivity index (χ2v) is 7.19. The molecule has 0 spiro atoms. The van der Waals surface area contributed by atoms with E-state index >= 15 is 0 Å². The minimum atomic E-state index is -0.181. The Balaban J connectivity index is 1.44. The lowest BCUT2D eigenvalue weighted by molar-refractivity contribution is 0.0909. The first-order valence-corrected chi connectivity index (χ1v) is 9.43. The van der Waals surface area contributed by atoms with E-state index in [1.54, 1.807) is 0 Å². The van der Waals surface area contributed by atoms with Crippen LogP contribution < -0.4 is 10.2 Å². The molecule has 2 N–H and O–H groups in total. The highest BCUT2D eigenvalue weighted by Crippen LogP contribution is 2.28. The Morgan fingerprint density at radius 2 is 2.08 bits per heavy atom. The van der Waals surface area contributed by atoms with Crippen LogP contribution in [0.4, 0.5) is 5.69 Å². The second-order valence-electron chi connectivity index (χ2n) is 7.19. The maximum atomic E-state index is 10.1. The third-order valence-electron chi connectivity index (χ3n) is 5.54. The number of aromatic nitrogens is 2. The van der Waals surface area contributed by atoms with Gasteiger partial charge >= 0.3 is 0 Å². The van der Waals surface area contributed by atoms with E-state index in [-0.39, 0.29) is 12.1 Å². The molecule has 3 heterocycles. The molecule has 5 heteroatoms. The summed E-state index contributed by atoms with van der Waals surface area (Å²) in [6.45, 7) is 4.30. The number of para-hydroxylation sites is 1. The van der Waals surface area contributed by atoms with Gasteiger partial charge in [0.2, 0.25) is 0 Å². The molecule has 2 aliphatic heterocycles. The molecule has 5 nitrogen and oxygen atoms in total. The van der Waals surface area contributed by atoms with E-state index in [0.29, 0.717) is 0 Å². The first-order chi connectivity index (χ1) is 11.8. The minimum Gasteiger partial charge on any atom is -0.392 e. The van der Waals surface area contributed by atoms with Crippen molar-refractivity contribution < 1.29 is 5.11 Å². The van der Waals surface area contributed by atoms with Crippen molar-refractivity contribution in [3.05, 3.63) is 24.5 Å². The SMILES string of the molecule is O[C@H]1CCCN[C@@H]1CCCn1cnc2c(N3CCCC3)cccc21. The normalized spacial score (nSPS) is 24.8. The van der Waals surface area contributed by atoms with E-state index in [1.807, 2.05) is 6.33 Å². The molecule has 0 aliphatic carbocycles. The van der Waals surface area contributed by atoms with Crippen molar-refractivity contribution in [1.29, 1.82) is 0 Å². The fraction of sp³-hybridized carbons (Fsp3) is 0.632. The van der Waals surface area contributed by atoms with Gasteiger partial charge in [0.05, 0.1) is 23.6 Å². The lowest BCUT2D eigenvalue weighted by Gasteiger charge is -2.29. The molecule has 4 rings (SSSR count). The fourth-order valence-corrected chi connectivity index (χ4v) is 4.18. The van der Waals surface area contributed by atoms with E-state index < -0.39 is 0 Å². The molecule has 2 saturated heterocycles. The van der Waals surface area contributed by atoms with Crippen molar-refractivity contribution in [1.82, 2.24) is 14.9 Å². The molecule has 2 aromatic rings. The summed E-state index contributed by atoms with van der Waals surface area (Å²) in [5.74, 6) is 0. The van der Waals surface area contributed by atoms with Crippen LogP contribution in [0.15, 0.2) is 24.5 Å². The fourth-order valence-electron chi connectivity index (χ4n) is 4.18. The van der Waals surface area contributed by atoms with Crippen molar-refractivity contribution in [3.8, 4) is 0 Å². The van der Waals surface area contributed by atoms with Crippen LogP contribution in [0.25, 0.3) is 11.0 Å². The van der Waals surface area contributed by atoms with Crippen LogP contribution in [0.1, 0.15) is 38.5 Å². The summed E-state index contributed by atoms with van der Waals surface area (Å²) in [7, 11) is 0. The van der Waals surface area contributed by atoms with Crippen LogP contribution >= 0.6 is 0 Å². The quantitative estimate of drug-likeness (QED) is 0.886. The zero-order valence-corrected chi connectivity index (χ0v) is 14.3. The molecule has 1 aromatic heterocycles. The zero-order valence-electron chi connectivity index (χ0n) is 14.3. The number of benzene rings is 1. The van der Waals surface area contributed by atoms with Gasteiger partial charge in [-0.25, -0.2) is 4.98 Å². The second kappa shape index (κ2) is 7.11. The number of nitrogens with one attached hydrogen (secondary N) is 1. The van der Waals surface area contributed by atoms with Gasteiger partial charge in [0.25, 0.3) is 0 Å². The van der Waals surface area contributed by atoms with Gasteiger partial charge in [-0.3, -0.25) is 0 Å². The molecule has 2 fully saturated rings. The number of nitrogens with zero attached hydrogens (tertiary/aromatic N) is 3. The Bertz CT molecular complexity index is 677. The van der Waals surface area contributed by atoms with Crippen LogP contribution in [-0.2, 0) is 6.54 Å². The molecule has 24 heavy (non-hydrogen) atoms. The first-order valence-electron chi connectivity index (χ1n) is 9.43. The van der Waals surface area contributed by atoms with E-state index in [0.717, 1.165) is 57.4 Å². The third kappa shape index (κ3) is 3.15.